The van der Waals surface area contributed by atoms with Crippen molar-refractivity contribution in [3.63, 3.8) is 0 Å². The van der Waals surface area contributed by atoms with Crippen LogP contribution in [0.25, 0.3) is 33.5 Å². The lowest BCUT2D eigenvalue weighted by Gasteiger charge is -2.31. The molecule has 2 aromatic carbocycles. The number of aliphatic hydroxyl groups excluding tert-OH is 1. The molecule has 3 aromatic rings. The largest absolute Gasteiger partial charge is 0.505 e. The van der Waals surface area contributed by atoms with Crippen LogP contribution in [-0.2, 0) is 9.59 Å². The van der Waals surface area contributed by atoms with E-state index in [0.29, 0.717) is 16.8 Å². The van der Waals surface area contributed by atoms with Gasteiger partial charge in [-0.05, 0) is 54.6 Å². The molecule has 0 saturated heterocycles. The summed E-state index contributed by atoms with van der Waals surface area (Å²) in [6.45, 7) is 2.93. The average Bonchev–Trinajstić information content (AvgIpc) is 3.26. The summed E-state index contributed by atoms with van der Waals surface area (Å²) in [5, 5.41) is 28.9. The summed E-state index contributed by atoms with van der Waals surface area (Å²) in [4.78, 5) is 26.8. The Morgan fingerprint density at radius 2 is 1.84 bits per heavy atom. The van der Waals surface area contributed by atoms with Crippen molar-refractivity contribution in [2.24, 2.45) is 5.10 Å². The van der Waals surface area contributed by atoms with Gasteiger partial charge in [-0.3, -0.25) is 9.59 Å². The molecule has 0 unspecified atom stereocenters. The number of nitrogens with one attached hydrogen (secondary N) is 2. The second kappa shape index (κ2) is 8.43. The third kappa shape index (κ3) is 3.62. The van der Waals surface area contributed by atoms with Gasteiger partial charge in [-0.2, -0.15) is 5.10 Å². The van der Waals surface area contributed by atoms with Crippen molar-refractivity contribution in [2.45, 2.75) is 13.8 Å². The van der Waals surface area contributed by atoms with E-state index in [1.807, 2.05) is 43.5 Å². The predicted molar refractivity (Wildman–Crippen MR) is 124 cm³/mol. The van der Waals surface area contributed by atoms with Gasteiger partial charge in [0.05, 0.1) is 5.70 Å². The molecule has 0 atom stereocenters. The van der Waals surface area contributed by atoms with E-state index in [4.69, 9.17) is 5.11 Å². The molecule has 0 saturated carbocycles. The van der Waals surface area contributed by atoms with Crippen LogP contribution < -0.4 is 5.32 Å². The number of allylic oxidation sites excluding steroid dienone is 1. The van der Waals surface area contributed by atoms with Crippen LogP contribution in [0.1, 0.15) is 25.0 Å². The van der Waals surface area contributed by atoms with Gasteiger partial charge in [0.2, 0.25) is 0 Å². The van der Waals surface area contributed by atoms with Gasteiger partial charge in [0, 0.05) is 29.1 Å². The van der Waals surface area contributed by atoms with Crippen LogP contribution in [0.5, 0.6) is 0 Å². The third-order valence-corrected chi connectivity index (χ3v) is 5.22. The number of amides is 1. The molecule has 1 amide bonds. The van der Waals surface area contributed by atoms with Crippen molar-refractivity contribution in [3.05, 3.63) is 71.6 Å². The van der Waals surface area contributed by atoms with Gasteiger partial charge in [0.25, 0.3) is 5.91 Å². The van der Waals surface area contributed by atoms with Crippen LogP contribution in [-0.4, -0.2) is 44.8 Å². The molecular weight excluding hydrogens is 408 g/mol. The first-order valence-corrected chi connectivity index (χ1v) is 10.0. The SMILES string of the molecule is C/C=N\N1C(C(=O)NCC(=O)O)=C(O)c2ccc(-c3ccc4cc[nH]c4c3)cc2/C1=C\C. The summed E-state index contributed by atoms with van der Waals surface area (Å²) < 4.78 is 0. The zero-order chi connectivity index (χ0) is 22.8. The molecule has 1 aliphatic heterocycles. The number of carboxylic acid groups (broad SMARTS) is 1. The van der Waals surface area contributed by atoms with E-state index < -0.39 is 18.4 Å². The summed E-state index contributed by atoms with van der Waals surface area (Å²) in [5.41, 5.74) is 4.58. The van der Waals surface area contributed by atoms with Crippen LogP contribution in [0.2, 0.25) is 0 Å². The van der Waals surface area contributed by atoms with Gasteiger partial charge >= 0.3 is 5.97 Å². The molecule has 1 aromatic heterocycles. The Bertz CT molecular complexity index is 1320. The minimum Gasteiger partial charge on any atom is -0.505 e. The third-order valence-electron chi connectivity index (χ3n) is 5.22. The molecule has 162 valence electrons. The number of nitrogens with zero attached hydrogens (tertiary/aromatic N) is 2. The van der Waals surface area contributed by atoms with E-state index in [1.54, 1.807) is 19.1 Å². The lowest BCUT2D eigenvalue weighted by atomic mass is 9.92. The van der Waals surface area contributed by atoms with Gasteiger partial charge < -0.3 is 20.5 Å². The van der Waals surface area contributed by atoms with Gasteiger partial charge in [0.15, 0.2) is 11.5 Å². The highest BCUT2D eigenvalue weighted by molar-refractivity contribution is 6.05. The van der Waals surface area contributed by atoms with Crippen LogP contribution in [0.15, 0.2) is 65.5 Å². The summed E-state index contributed by atoms with van der Waals surface area (Å²) in [6.07, 6.45) is 5.18. The number of aromatic amines is 1. The molecule has 4 rings (SSSR count). The Labute approximate surface area is 184 Å². The Morgan fingerprint density at radius 3 is 2.56 bits per heavy atom. The first-order chi connectivity index (χ1) is 15.4. The number of aliphatic hydroxyl groups is 1. The monoisotopic (exact) mass is 430 g/mol. The summed E-state index contributed by atoms with van der Waals surface area (Å²) >= 11 is 0. The number of H-pyrrole nitrogens is 1. The smallest absolute Gasteiger partial charge is 0.322 e. The maximum atomic E-state index is 12.7. The number of rotatable bonds is 5. The van der Waals surface area contributed by atoms with Crippen molar-refractivity contribution < 1.29 is 19.8 Å². The Hall–Kier alpha value is -4.33. The van der Waals surface area contributed by atoms with Crippen LogP contribution in [0, 0.1) is 0 Å². The van der Waals surface area contributed by atoms with Gasteiger partial charge in [0.1, 0.15) is 6.54 Å². The minimum atomic E-state index is -1.19. The zero-order valence-corrected chi connectivity index (χ0v) is 17.6. The van der Waals surface area contributed by atoms with Crippen LogP contribution in [0.3, 0.4) is 0 Å². The highest BCUT2D eigenvalue weighted by atomic mass is 16.4. The fourth-order valence-electron chi connectivity index (χ4n) is 3.79. The summed E-state index contributed by atoms with van der Waals surface area (Å²) in [5.74, 6) is -2.19. The van der Waals surface area contributed by atoms with Crippen LogP contribution in [0.4, 0.5) is 0 Å². The number of aliphatic carboxylic acids is 1. The first kappa shape index (κ1) is 20.9. The second-order valence-electron chi connectivity index (χ2n) is 7.17. The number of carbonyl (C=O) groups excluding carboxylic acids is 1. The Balaban J connectivity index is 1.85. The molecular formula is C24H22N4O4. The van der Waals surface area contributed by atoms with E-state index in [2.05, 4.69) is 21.5 Å². The molecule has 0 bridgehead atoms. The fourth-order valence-corrected chi connectivity index (χ4v) is 3.79. The molecule has 0 aliphatic carbocycles. The van der Waals surface area contributed by atoms with E-state index in [9.17, 15) is 14.7 Å². The first-order valence-electron chi connectivity index (χ1n) is 10.0. The number of benzene rings is 2. The van der Waals surface area contributed by atoms with Gasteiger partial charge in [-0.25, -0.2) is 5.01 Å². The number of carboxylic acids is 1. The second-order valence-corrected chi connectivity index (χ2v) is 7.17. The van der Waals surface area contributed by atoms with E-state index in [0.717, 1.165) is 22.0 Å². The molecule has 2 heterocycles. The van der Waals surface area contributed by atoms with Crippen molar-refractivity contribution in [1.82, 2.24) is 15.3 Å². The van der Waals surface area contributed by atoms with E-state index in [-0.39, 0.29) is 11.5 Å². The number of carbonyl (C=O) groups is 2. The highest BCUT2D eigenvalue weighted by Crippen LogP contribution is 2.40. The van der Waals surface area contributed by atoms with Crippen LogP contribution >= 0.6 is 0 Å². The average molecular weight is 430 g/mol. The highest BCUT2D eigenvalue weighted by Gasteiger charge is 2.33. The molecule has 4 N–H and O–H groups in total. The maximum absolute atomic E-state index is 12.7. The number of aromatic nitrogens is 1. The summed E-state index contributed by atoms with van der Waals surface area (Å²) in [6, 6.07) is 13.7. The van der Waals surface area contributed by atoms with E-state index in [1.165, 1.54) is 11.2 Å². The lowest BCUT2D eigenvalue weighted by Crippen LogP contribution is -2.37. The Kier molecular flexibility index (Phi) is 5.51. The molecule has 0 radical (unpaired) electrons. The van der Waals surface area contributed by atoms with E-state index >= 15 is 0 Å². The summed E-state index contributed by atoms with van der Waals surface area (Å²) in [7, 11) is 0. The molecule has 8 nitrogen and oxygen atoms in total. The predicted octanol–water partition coefficient (Wildman–Crippen LogP) is 3.94. The van der Waals surface area contributed by atoms with Gasteiger partial charge in [-0.1, -0.05) is 24.3 Å². The van der Waals surface area contributed by atoms with Gasteiger partial charge in [-0.15, -0.1) is 0 Å². The number of fused-ring (bicyclic) bond motifs is 2. The fraction of sp³-hybridized carbons (Fsp3) is 0.125. The zero-order valence-electron chi connectivity index (χ0n) is 17.6. The Morgan fingerprint density at radius 1 is 1.09 bits per heavy atom. The lowest BCUT2D eigenvalue weighted by molar-refractivity contribution is -0.137. The van der Waals surface area contributed by atoms with Crippen molar-refractivity contribution in [2.75, 3.05) is 6.54 Å². The number of hydrogen-bond acceptors (Lipinski definition) is 5. The molecule has 32 heavy (non-hydrogen) atoms. The van der Waals surface area contributed by atoms with Crippen molar-refractivity contribution in [1.29, 1.82) is 0 Å². The molecule has 1 aliphatic rings. The standard InChI is InChI=1S/C24H22N4O4/c1-3-20-18-11-15(16-6-5-14-9-10-25-19(14)12-16)7-8-17(18)23(31)22(28(20)27-4-2)24(32)26-13-21(29)30/h3-12,25,31H,13H2,1-2H3,(H,26,32)(H,29,30)/b20-3+,27-4-. The van der Waals surface area contributed by atoms with Crippen molar-refractivity contribution >= 4 is 40.5 Å². The number of hydrazone groups is 1. The topological polar surface area (TPSA) is 118 Å². The quantitative estimate of drug-likeness (QED) is 0.457. The van der Waals surface area contributed by atoms with Crippen molar-refractivity contribution in [3.8, 4) is 11.1 Å². The normalized spacial score (nSPS) is 14.9. The number of hydrogen-bond donors (Lipinski definition) is 4. The molecule has 0 spiro atoms. The molecule has 8 heteroatoms. The minimum absolute atomic E-state index is 0.134. The molecule has 0 fully saturated rings. The maximum Gasteiger partial charge on any atom is 0.322 e.